The third-order valence-corrected chi connectivity index (χ3v) is 6.01. The lowest BCUT2D eigenvalue weighted by Crippen LogP contribution is -2.15. The molecule has 0 bridgehead atoms. The molecule has 156 valence electrons. The Bertz CT molecular complexity index is 1170. The van der Waals surface area contributed by atoms with Gasteiger partial charge in [-0.1, -0.05) is 6.07 Å². The molecule has 0 fully saturated rings. The summed E-state index contributed by atoms with van der Waals surface area (Å²) in [5, 5.41) is 6.78. The van der Waals surface area contributed by atoms with Crippen LogP contribution >= 0.6 is 11.3 Å². The topological polar surface area (TPSA) is 126 Å². The number of hydrogen-bond acceptors (Lipinski definition) is 7. The van der Waals surface area contributed by atoms with Crippen LogP contribution in [0, 0.1) is 0 Å². The zero-order valence-electron chi connectivity index (χ0n) is 16.0. The van der Waals surface area contributed by atoms with Gasteiger partial charge in [-0.05, 0) is 42.5 Å². The molecule has 0 atom stereocenters. The van der Waals surface area contributed by atoms with Gasteiger partial charge >= 0.3 is 0 Å². The minimum absolute atomic E-state index is 0.0410. The van der Waals surface area contributed by atoms with Gasteiger partial charge in [-0.2, -0.15) is 0 Å². The van der Waals surface area contributed by atoms with Crippen molar-refractivity contribution in [1.82, 2.24) is 4.98 Å². The third-order valence-electron chi connectivity index (χ3n) is 3.77. The predicted octanol–water partition coefficient (Wildman–Crippen LogP) is 3.16. The van der Waals surface area contributed by atoms with Crippen LogP contribution in [0.15, 0.2) is 58.8 Å². The van der Waals surface area contributed by atoms with Crippen LogP contribution in [0.2, 0.25) is 0 Å². The van der Waals surface area contributed by atoms with Gasteiger partial charge in [0.25, 0.3) is 15.9 Å². The lowest BCUT2D eigenvalue weighted by Gasteiger charge is -2.07. The number of carbonyl (C=O) groups is 2. The molecule has 0 saturated carbocycles. The van der Waals surface area contributed by atoms with E-state index in [1.165, 1.54) is 43.7 Å². The Kier molecular flexibility index (Phi) is 6.33. The van der Waals surface area contributed by atoms with E-state index in [4.69, 9.17) is 4.74 Å². The van der Waals surface area contributed by atoms with Crippen molar-refractivity contribution in [3.05, 3.63) is 59.6 Å². The molecule has 0 aliphatic heterocycles. The van der Waals surface area contributed by atoms with Gasteiger partial charge in [0, 0.05) is 23.7 Å². The number of carbonyl (C=O) groups excluding carboxylic acids is 2. The second kappa shape index (κ2) is 8.93. The lowest BCUT2D eigenvalue weighted by molar-refractivity contribution is -0.114. The molecule has 3 rings (SSSR count). The number of nitrogens with one attached hydrogen (secondary N) is 3. The average molecular weight is 447 g/mol. The van der Waals surface area contributed by atoms with Gasteiger partial charge in [-0.25, -0.2) is 13.4 Å². The summed E-state index contributed by atoms with van der Waals surface area (Å²) in [6, 6.07) is 12.5. The molecule has 30 heavy (non-hydrogen) atoms. The molecule has 0 saturated heterocycles. The second-order valence-corrected chi connectivity index (χ2v) is 8.58. The summed E-state index contributed by atoms with van der Waals surface area (Å²) in [4.78, 5) is 27.7. The van der Waals surface area contributed by atoms with Crippen LogP contribution in [0.1, 0.15) is 17.4 Å². The Hall–Kier alpha value is -3.44. The highest BCUT2D eigenvalue weighted by Crippen LogP contribution is 2.23. The maximum absolute atomic E-state index is 12.5. The molecule has 3 N–H and O–H groups in total. The van der Waals surface area contributed by atoms with E-state index < -0.39 is 15.9 Å². The molecule has 11 heteroatoms. The van der Waals surface area contributed by atoms with Crippen LogP contribution in [0.25, 0.3) is 0 Å². The van der Waals surface area contributed by atoms with Crippen LogP contribution in [-0.2, 0) is 14.8 Å². The molecule has 0 aliphatic carbocycles. The maximum atomic E-state index is 12.5. The summed E-state index contributed by atoms with van der Waals surface area (Å²) in [7, 11) is -2.37. The molecule has 3 aromatic rings. The van der Waals surface area contributed by atoms with Crippen molar-refractivity contribution < 1.29 is 22.7 Å². The molecule has 0 aliphatic rings. The molecular weight excluding hydrogens is 428 g/mol. The van der Waals surface area contributed by atoms with E-state index in [2.05, 4.69) is 20.3 Å². The van der Waals surface area contributed by atoms with Gasteiger partial charge in [0.15, 0.2) is 5.13 Å². The number of hydrogen-bond donors (Lipinski definition) is 3. The van der Waals surface area contributed by atoms with Crippen LogP contribution < -0.4 is 20.1 Å². The lowest BCUT2D eigenvalue weighted by atomic mass is 10.2. The number of aromatic nitrogens is 1. The standard InChI is InChI=1S/C19H18N4O5S2/c1-12(24)20-13-4-3-5-14(10-13)21-18(25)17-11-29-19(22-17)23-30(26,27)16-8-6-15(28-2)7-9-16/h3-11H,1-2H3,(H,20,24)(H,21,25)(H,22,23). The molecule has 0 unspecified atom stereocenters. The van der Waals surface area contributed by atoms with E-state index in [1.807, 2.05) is 0 Å². The van der Waals surface area contributed by atoms with Crippen molar-refractivity contribution in [3.63, 3.8) is 0 Å². The first-order chi connectivity index (χ1) is 14.3. The van der Waals surface area contributed by atoms with E-state index >= 15 is 0 Å². The number of ether oxygens (including phenoxy) is 1. The zero-order chi connectivity index (χ0) is 21.7. The molecular formula is C19H18N4O5S2. The Labute approximate surface area is 177 Å². The van der Waals surface area contributed by atoms with Gasteiger partial charge in [0.1, 0.15) is 11.4 Å². The fourth-order valence-corrected chi connectivity index (χ4v) is 4.37. The number of nitrogens with zero attached hydrogens (tertiary/aromatic N) is 1. The third kappa shape index (κ3) is 5.33. The van der Waals surface area contributed by atoms with Gasteiger partial charge in [-0.3, -0.25) is 14.3 Å². The Morgan fingerprint density at radius 3 is 2.33 bits per heavy atom. The van der Waals surface area contributed by atoms with Crippen LogP contribution in [0.3, 0.4) is 0 Å². The molecule has 1 heterocycles. The number of rotatable bonds is 7. The smallest absolute Gasteiger partial charge is 0.275 e. The number of amides is 2. The van der Waals surface area contributed by atoms with E-state index in [0.717, 1.165) is 11.3 Å². The monoisotopic (exact) mass is 446 g/mol. The number of benzene rings is 2. The highest BCUT2D eigenvalue weighted by atomic mass is 32.2. The highest BCUT2D eigenvalue weighted by molar-refractivity contribution is 7.93. The normalized spacial score (nSPS) is 10.9. The molecule has 2 aromatic carbocycles. The molecule has 0 radical (unpaired) electrons. The summed E-state index contributed by atoms with van der Waals surface area (Å²) in [5.74, 6) is -0.211. The highest BCUT2D eigenvalue weighted by Gasteiger charge is 2.18. The quantitative estimate of drug-likeness (QED) is 0.512. The second-order valence-electron chi connectivity index (χ2n) is 6.04. The van der Waals surface area contributed by atoms with Crippen molar-refractivity contribution in [1.29, 1.82) is 0 Å². The molecule has 1 aromatic heterocycles. The Morgan fingerprint density at radius 2 is 1.70 bits per heavy atom. The summed E-state index contributed by atoms with van der Waals surface area (Å²) < 4.78 is 32.3. The first kappa shape index (κ1) is 21.3. The van der Waals surface area contributed by atoms with E-state index in [9.17, 15) is 18.0 Å². The van der Waals surface area contributed by atoms with Gasteiger partial charge < -0.3 is 15.4 Å². The number of sulfonamides is 1. The summed E-state index contributed by atoms with van der Waals surface area (Å²) >= 11 is 0.985. The zero-order valence-corrected chi connectivity index (χ0v) is 17.6. The van der Waals surface area contributed by atoms with Gasteiger partial charge in [-0.15, -0.1) is 11.3 Å². The number of anilines is 3. The van der Waals surface area contributed by atoms with Crippen molar-refractivity contribution in [3.8, 4) is 5.75 Å². The molecule has 2 amide bonds. The fraction of sp³-hybridized carbons (Fsp3) is 0.105. The first-order valence-electron chi connectivity index (χ1n) is 8.58. The summed E-state index contributed by atoms with van der Waals surface area (Å²) in [6.45, 7) is 1.38. The first-order valence-corrected chi connectivity index (χ1v) is 10.9. The summed E-state index contributed by atoms with van der Waals surface area (Å²) in [6.07, 6.45) is 0. The van der Waals surface area contributed by atoms with Gasteiger partial charge in [0.05, 0.1) is 12.0 Å². The van der Waals surface area contributed by atoms with Crippen LogP contribution in [0.4, 0.5) is 16.5 Å². The van der Waals surface area contributed by atoms with Crippen molar-refractivity contribution in [2.75, 3.05) is 22.5 Å². The van der Waals surface area contributed by atoms with Gasteiger partial charge in [0.2, 0.25) is 5.91 Å². The maximum Gasteiger partial charge on any atom is 0.275 e. The summed E-state index contributed by atoms with van der Waals surface area (Å²) in [5.41, 5.74) is 1.04. The largest absolute Gasteiger partial charge is 0.497 e. The van der Waals surface area contributed by atoms with Crippen molar-refractivity contribution >= 4 is 49.7 Å². The van der Waals surface area contributed by atoms with E-state index in [0.29, 0.717) is 17.1 Å². The van der Waals surface area contributed by atoms with Crippen LogP contribution in [0.5, 0.6) is 5.75 Å². The van der Waals surface area contributed by atoms with E-state index in [1.54, 1.807) is 24.3 Å². The number of thiazole rings is 1. The Balaban J connectivity index is 1.69. The minimum Gasteiger partial charge on any atom is -0.497 e. The molecule has 0 spiro atoms. The van der Waals surface area contributed by atoms with Crippen LogP contribution in [-0.4, -0.2) is 32.3 Å². The SMILES string of the molecule is COc1ccc(S(=O)(=O)Nc2nc(C(=O)Nc3cccc(NC(C)=O)c3)cs2)cc1. The fourth-order valence-electron chi connectivity index (χ4n) is 2.43. The van der Waals surface area contributed by atoms with Crippen molar-refractivity contribution in [2.45, 2.75) is 11.8 Å². The van der Waals surface area contributed by atoms with Crippen molar-refractivity contribution in [2.24, 2.45) is 0 Å². The Morgan fingerprint density at radius 1 is 1.03 bits per heavy atom. The molecule has 9 nitrogen and oxygen atoms in total. The predicted molar refractivity (Wildman–Crippen MR) is 115 cm³/mol. The average Bonchev–Trinajstić information content (AvgIpc) is 3.16. The number of methoxy groups -OCH3 is 1. The minimum atomic E-state index is -3.86. The van der Waals surface area contributed by atoms with E-state index in [-0.39, 0.29) is 21.6 Å².